The highest BCUT2D eigenvalue weighted by Crippen LogP contribution is 2.46. The number of phenols is 1. The normalized spacial score (nSPS) is 12.0. The number of aryl methyl sites for hydroxylation is 1. The van der Waals surface area contributed by atoms with Gasteiger partial charge in [-0.1, -0.05) is 6.07 Å². The number of rotatable bonds is 5. The number of carbonyl (C=O) groups is 1. The van der Waals surface area contributed by atoms with Crippen LogP contribution in [0.1, 0.15) is 21.6 Å². The van der Waals surface area contributed by atoms with Crippen molar-refractivity contribution in [1.29, 1.82) is 0 Å². The van der Waals surface area contributed by atoms with Crippen molar-refractivity contribution in [1.82, 2.24) is 4.57 Å². The first kappa shape index (κ1) is 20.7. The number of methoxy groups -OCH3 is 4. The molecule has 0 bridgehead atoms. The van der Waals surface area contributed by atoms with Crippen molar-refractivity contribution >= 4 is 5.97 Å². The van der Waals surface area contributed by atoms with E-state index < -0.39 is 5.97 Å². The van der Waals surface area contributed by atoms with Crippen LogP contribution in [0.3, 0.4) is 0 Å². The van der Waals surface area contributed by atoms with E-state index >= 15 is 0 Å². The summed E-state index contributed by atoms with van der Waals surface area (Å²) in [5.41, 5.74) is 5.55. The van der Waals surface area contributed by atoms with E-state index in [1.54, 1.807) is 26.4 Å². The summed E-state index contributed by atoms with van der Waals surface area (Å²) < 4.78 is 23.4. The molecule has 0 spiro atoms. The molecule has 7 heteroatoms. The summed E-state index contributed by atoms with van der Waals surface area (Å²) in [6.45, 7) is 2.67. The highest BCUT2D eigenvalue weighted by Gasteiger charge is 2.32. The summed E-state index contributed by atoms with van der Waals surface area (Å²) in [6.07, 6.45) is 0.784. The largest absolute Gasteiger partial charge is 0.504 e. The second-order valence-electron chi connectivity index (χ2n) is 7.33. The highest BCUT2D eigenvalue weighted by molar-refractivity contribution is 6.05. The summed E-state index contributed by atoms with van der Waals surface area (Å²) >= 11 is 0. The van der Waals surface area contributed by atoms with Gasteiger partial charge in [0.1, 0.15) is 0 Å². The van der Waals surface area contributed by atoms with E-state index in [0.717, 1.165) is 34.5 Å². The summed E-state index contributed by atoms with van der Waals surface area (Å²) in [5, 5.41) is 10.3. The zero-order chi connectivity index (χ0) is 22.3. The average molecular weight is 423 g/mol. The molecule has 31 heavy (non-hydrogen) atoms. The minimum atomic E-state index is -0.440. The number of aromatic hydroxyl groups is 1. The van der Waals surface area contributed by atoms with Gasteiger partial charge in [0.25, 0.3) is 0 Å². The zero-order valence-corrected chi connectivity index (χ0v) is 18.2. The van der Waals surface area contributed by atoms with Crippen LogP contribution < -0.4 is 14.2 Å². The Morgan fingerprint density at radius 1 is 0.968 bits per heavy atom. The molecule has 0 fully saturated rings. The maximum Gasteiger partial charge on any atom is 0.340 e. The van der Waals surface area contributed by atoms with Crippen LogP contribution in [0.4, 0.5) is 0 Å². The molecule has 2 heterocycles. The number of phenolic OH excluding ortho intramolecular Hbond substituents is 1. The highest BCUT2D eigenvalue weighted by atomic mass is 16.5. The van der Waals surface area contributed by atoms with Crippen molar-refractivity contribution in [3.63, 3.8) is 0 Å². The van der Waals surface area contributed by atoms with Crippen molar-refractivity contribution in [2.45, 2.75) is 19.9 Å². The SMILES string of the molecule is COC(=O)c1c(-c2ccc(OC)c(O)c2)c(C)n2c1-c1cc(OC)c(OC)cc1CC2. The maximum absolute atomic E-state index is 13.0. The van der Waals surface area contributed by atoms with E-state index in [1.807, 2.05) is 25.1 Å². The molecule has 0 atom stereocenters. The molecule has 1 N–H and O–H groups in total. The van der Waals surface area contributed by atoms with Crippen LogP contribution in [0.15, 0.2) is 30.3 Å². The van der Waals surface area contributed by atoms with Gasteiger partial charge in [-0.25, -0.2) is 4.79 Å². The van der Waals surface area contributed by atoms with Crippen LogP contribution >= 0.6 is 0 Å². The van der Waals surface area contributed by atoms with Crippen molar-refractivity contribution < 1.29 is 28.8 Å². The number of ether oxygens (including phenoxy) is 4. The molecule has 0 amide bonds. The van der Waals surface area contributed by atoms with E-state index in [2.05, 4.69) is 4.57 Å². The molecule has 0 aliphatic carbocycles. The molecule has 1 aromatic heterocycles. The van der Waals surface area contributed by atoms with Crippen molar-refractivity contribution in [2.24, 2.45) is 0 Å². The Morgan fingerprint density at radius 3 is 2.26 bits per heavy atom. The van der Waals surface area contributed by atoms with Crippen LogP contribution in [0.25, 0.3) is 22.4 Å². The predicted molar refractivity (Wildman–Crippen MR) is 116 cm³/mol. The van der Waals surface area contributed by atoms with Gasteiger partial charge in [0.2, 0.25) is 0 Å². The van der Waals surface area contributed by atoms with Gasteiger partial charge >= 0.3 is 5.97 Å². The third kappa shape index (κ3) is 3.17. The molecular formula is C24H25NO6. The molecule has 0 saturated carbocycles. The lowest BCUT2D eigenvalue weighted by molar-refractivity contribution is 0.0602. The van der Waals surface area contributed by atoms with E-state index in [-0.39, 0.29) is 5.75 Å². The smallest absolute Gasteiger partial charge is 0.340 e. The first-order chi connectivity index (χ1) is 14.9. The molecule has 0 radical (unpaired) electrons. The number of esters is 1. The Balaban J connectivity index is 2.03. The number of nitrogens with zero attached hydrogens (tertiary/aromatic N) is 1. The molecular weight excluding hydrogens is 398 g/mol. The molecule has 1 aliphatic rings. The van der Waals surface area contributed by atoms with Crippen LogP contribution in [0, 0.1) is 6.92 Å². The lowest BCUT2D eigenvalue weighted by Gasteiger charge is -2.23. The zero-order valence-electron chi connectivity index (χ0n) is 18.2. The van der Waals surface area contributed by atoms with Gasteiger partial charge in [0, 0.05) is 23.4 Å². The Hall–Kier alpha value is -3.61. The summed E-state index contributed by atoms with van der Waals surface area (Å²) in [4.78, 5) is 13.0. The van der Waals surface area contributed by atoms with E-state index in [0.29, 0.717) is 34.9 Å². The maximum atomic E-state index is 13.0. The average Bonchev–Trinajstić information content (AvgIpc) is 3.10. The Kier molecular flexibility index (Phi) is 5.27. The van der Waals surface area contributed by atoms with Gasteiger partial charge in [-0.3, -0.25) is 0 Å². The molecule has 2 aromatic carbocycles. The van der Waals surface area contributed by atoms with E-state index in [1.165, 1.54) is 14.2 Å². The van der Waals surface area contributed by atoms with Gasteiger partial charge < -0.3 is 28.6 Å². The monoisotopic (exact) mass is 423 g/mol. The third-order valence-corrected chi connectivity index (χ3v) is 5.85. The van der Waals surface area contributed by atoms with Crippen molar-refractivity contribution in [3.8, 4) is 45.4 Å². The van der Waals surface area contributed by atoms with Gasteiger partial charge in [-0.15, -0.1) is 0 Å². The van der Waals surface area contributed by atoms with Gasteiger partial charge in [0.05, 0.1) is 39.7 Å². The third-order valence-electron chi connectivity index (χ3n) is 5.85. The predicted octanol–water partition coefficient (Wildman–Crippen LogP) is 4.20. The summed E-state index contributed by atoms with van der Waals surface area (Å²) in [6, 6.07) is 8.98. The van der Waals surface area contributed by atoms with Crippen LogP contribution in [-0.4, -0.2) is 44.1 Å². The second-order valence-corrected chi connectivity index (χ2v) is 7.33. The summed E-state index contributed by atoms with van der Waals surface area (Å²) in [5.74, 6) is 1.18. The van der Waals surface area contributed by atoms with Gasteiger partial charge in [-0.05, 0) is 48.7 Å². The standard InChI is InChI=1S/C24H25NO6/c1-13-21(15-6-7-18(28-2)17(26)10-15)22(24(27)31-5)23-16-12-20(30-4)19(29-3)11-14(16)8-9-25(13)23/h6-7,10-12,26H,8-9H2,1-5H3. The first-order valence-corrected chi connectivity index (χ1v) is 9.89. The molecule has 162 valence electrons. The lowest BCUT2D eigenvalue weighted by Crippen LogP contribution is -2.14. The summed E-state index contributed by atoms with van der Waals surface area (Å²) in [7, 11) is 6.06. The fourth-order valence-electron chi connectivity index (χ4n) is 4.38. The van der Waals surface area contributed by atoms with Crippen molar-refractivity contribution in [3.05, 3.63) is 47.2 Å². The molecule has 4 rings (SSSR count). The van der Waals surface area contributed by atoms with Crippen LogP contribution in [-0.2, 0) is 17.7 Å². The minimum absolute atomic E-state index is 0.00573. The number of hydrogen-bond acceptors (Lipinski definition) is 6. The topological polar surface area (TPSA) is 79.2 Å². The van der Waals surface area contributed by atoms with Gasteiger partial charge in [-0.2, -0.15) is 0 Å². The molecule has 7 nitrogen and oxygen atoms in total. The van der Waals surface area contributed by atoms with E-state index in [4.69, 9.17) is 18.9 Å². The van der Waals surface area contributed by atoms with Crippen LogP contribution in [0.2, 0.25) is 0 Å². The molecule has 0 saturated heterocycles. The number of hydrogen-bond donors (Lipinski definition) is 1. The van der Waals surface area contributed by atoms with Crippen LogP contribution in [0.5, 0.6) is 23.0 Å². The fourth-order valence-corrected chi connectivity index (χ4v) is 4.38. The fraction of sp³-hybridized carbons (Fsp3) is 0.292. The molecule has 0 unspecified atom stereocenters. The quantitative estimate of drug-likeness (QED) is 0.620. The minimum Gasteiger partial charge on any atom is -0.504 e. The number of fused-ring (bicyclic) bond motifs is 3. The lowest BCUT2D eigenvalue weighted by atomic mass is 9.93. The Morgan fingerprint density at radius 2 is 1.65 bits per heavy atom. The number of carbonyl (C=O) groups excluding carboxylic acids is 1. The second kappa shape index (κ2) is 7.91. The molecule has 1 aliphatic heterocycles. The number of aromatic nitrogens is 1. The number of benzene rings is 2. The Bertz CT molecular complexity index is 1180. The van der Waals surface area contributed by atoms with E-state index in [9.17, 15) is 9.90 Å². The van der Waals surface area contributed by atoms with Crippen molar-refractivity contribution in [2.75, 3.05) is 28.4 Å². The Labute approximate surface area is 180 Å². The first-order valence-electron chi connectivity index (χ1n) is 9.89. The van der Waals surface area contributed by atoms with Gasteiger partial charge in [0.15, 0.2) is 23.0 Å². The molecule has 3 aromatic rings.